The van der Waals surface area contributed by atoms with Gasteiger partial charge in [-0.1, -0.05) is 0 Å². The summed E-state index contributed by atoms with van der Waals surface area (Å²) in [7, 11) is -43.1. The highest BCUT2D eigenvalue weighted by atomic mass is 31.3. The lowest BCUT2D eigenvalue weighted by Gasteiger charge is -2.47. The highest BCUT2D eigenvalue weighted by Crippen LogP contribution is 2.63. The number of hydrogen-bond donors (Lipinski definition) is 13. The van der Waals surface area contributed by atoms with Crippen LogP contribution in [-0.2, 0) is 63.2 Å². The second kappa shape index (κ2) is 13.0. The zero-order valence-electron chi connectivity index (χ0n) is 18.1. The molecule has 27 nitrogen and oxygen atoms in total. The molecule has 4 unspecified atom stereocenters. The van der Waals surface area contributed by atoms with Crippen molar-refractivity contribution in [3.8, 4) is 0 Å². The van der Waals surface area contributed by atoms with Crippen molar-refractivity contribution in [2.45, 2.75) is 36.6 Å². The largest absolute Gasteiger partial charge is 0.481 e. The molecule has 0 aromatic carbocycles. The molecule has 8 atom stereocenters. The number of hydrogen-bond acceptors (Lipinski definition) is 15. The highest BCUT2D eigenvalue weighted by molar-refractivity contribution is 7.61. The molecule has 1 fully saturated rings. The third-order valence-electron chi connectivity index (χ3n) is 3.67. The highest BCUT2D eigenvalue weighted by Gasteiger charge is 2.61. The van der Waals surface area contributed by atoms with E-state index in [4.69, 9.17) is 39.1 Å². The van der Waals surface area contributed by atoms with E-state index in [1.54, 1.807) is 0 Å². The lowest BCUT2D eigenvalue weighted by molar-refractivity contribution is -0.205. The van der Waals surface area contributed by atoms with Crippen molar-refractivity contribution >= 4 is 54.8 Å². The predicted octanol–water partition coefficient (Wildman–Crippen LogP) is -3.02. The SMILES string of the molecule is O=P(O)(O)OC1[C@@H](OP(=O)(O)OP(=O)(O)O)[C@H](OP(=O)(O)O)C(O)[C@H](OP(=O)(O)O)[C@H]1OP(=O)(O)OP(=O)(O)O. The monoisotopic (exact) mass is 740 g/mol. The summed E-state index contributed by atoms with van der Waals surface area (Å²) in [6, 6.07) is 0. The van der Waals surface area contributed by atoms with Gasteiger partial charge >= 0.3 is 54.8 Å². The summed E-state index contributed by atoms with van der Waals surface area (Å²) in [5, 5.41) is 10.5. The standard InChI is InChI=1S/C6H19O27P7/c7-1-2(27-34(8,9)10)4(30-39(23,24)32-37(17,18)19)6(29-36(14,15)16)5(3(1)28-35(11,12)13)31-40(25,26)33-38(20,21)22/h1-7H,(H,23,24)(H,25,26)(H2,8,9,10)(H2,11,12,13)(H2,14,15,16)(H2,17,18,19)(H2,20,21,22)/t1?,2-,3+,4+,5-,6?. The van der Waals surface area contributed by atoms with Gasteiger partial charge in [-0.3, -0.25) is 22.6 Å². The van der Waals surface area contributed by atoms with E-state index < -0.39 is 91.4 Å². The maximum atomic E-state index is 12.1. The first-order valence-electron chi connectivity index (χ1n) is 8.76. The number of phosphoric ester groups is 5. The lowest BCUT2D eigenvalue weighted by atomic mass is 9.85. The van der Waals surface area contributed by atoms with Crippen LogP contribution < -0.4 is 0 Å². The summed E-state index contributed by atoms with van der Waals surface area (Å²) in [6.07, 6.45) is -19.5. The van der Waals surface area contributed by atoms with Crippen LogP contribution in [0.15, 0.2) is 0 Å². The van der Waals surface area contributed by atoms with Crippen molar-refractivity contribution in [2.24, 2.45) is 0 Å². The summed E-state index contributed by atoms with van der Waals surface area (Å²) in [4.78, 5) is 109. The van der Waals surface area contributed by atoms with E-state index in [1.165, 1.54) is 0 Å². The fraction of sp³-hybridized carbons (Fsp3) is 1.00. The molecule has 40 heavy (non-hydrogen) atoms. The number of rotatable bonds is 14. The van der Waals surface area contributed by atoms with E-state index in [0.717, 1.165) is 0 Å². The molecule has 0 spiro atoms. The minimum atomic E-state index is -6.36. The van der Waals surface area contributed by atoms with E-state index in [2.05, 4.69) is 31.2 Å². The van der Waals surface area contributed by atoms with Crippen LogP contribution >= 0.6 is 54.8 Å². The van der Waals surface area contributed by atoms with Crippen molar-refractivity contribution in [1.82, 2.24) is 0 Å². The van der Waals surface area contributed by atoms with Crippen LogP contribution in [-0.4, -0.2) is 100 Å². The lowest BCUT2D eigenvalue weighted by Crippen LogP contribution is -2.66. The summed E-state index contributed by atoms with van der Waals surface area (Å²) < 4.78 is 108. The van der Waals surface area contributed by atoms with Crippen LogP contribution in [0.5, 0.6) is 0 Å². The van der Waals surface area contributed by atoms with E-state index >= 15 is 0 Å². The molecule has 34 heteroatoms. The van der Waals surface area contributed by atoms with Gasteiger partial charge in [-0.15, -0.1) is 0 Å². The first-order valence-corrected chi connectivity index (χ1v) is 19.4. The van der Waals surface area contributed by atoms with E-state index in [-0.39, 0.29) is 0 Å². The second-order valence-electron chi connectivity index (χ2n) is 6.89. The molecule has 0 aliphatic heterocycles. The van der Waals surface area contributed by atoms with Gasteiger partial charge in [0.2, 0.25) is 0 Å². The van der Waals surface area contributed by atoms with Gasteiger partial charge in [0.25, 0.3) is 0 Å². The third-order valence-corrected chi connectivity index (χ3v) is 9.60. The predicted molar refractivity (Wildman–Crippen MR) is 112 cm³/mol. The zero-order valence-corrected chi connectivity index (χ0v) is 24.4. The first kappa shape index (κ1) is 38.8. The average Bonchev–Trinajstić information content (AvgIpc) is 2.57. The molecule has 0 aromatic rings. The molecule has 1 aliphatic carbocycles. The van der Waals surface area contributed by atoms with E-state index in [0.29, 0.717) is 0 Å². The molecule has 0 amide bonds. The number of aliphatic hydroxyl groups excluding tert-OH is 1. The van der Waals surface area contributed by atoms with Crippen LogP contribution in [0.2, 0.25) is 0 Å². The molecule has 1 aliphatic rings. The molecule has 1 saturated carbocycles. The summed E-state index contributed by atoms with van der Waals surface area (Å²) >= 11 is 0. The Hall–Kier alpha value is 0.810. The Morgan fingerprint density at radius 1 is 0.350 bits per heavy atom. The summed E-state index contributed by atoms with van der Waals surface area (Å²) in [5.41, 5.74) is 0. The maximum absolute atomic E-state index is 12.1. The van der Waals surface area contributed by atoms with Crippen molar-refractivity contribution in [3.63, 3.8) is 0 Å². The van der Waals surface area contributed by atoms with Crippen molar-refractivity contribution in [1.29, 1.82) is 0 Å². The number of phosphoric acid groups is 7. The normalized spacial score (nSPS) is 30.4. The smallest absolute Gasteiger partial charge is 0.387 e. The molecular formula is C6H19O27P7. The van der Waals surface area contributed by atoms with Crippen LogP contribution in [0.25, 0.3) is 0 Å². The van der Waals surface area contributed by atoms with Gasteiger partial charge in [-0.05, 0) is 0 Å². The molecule has 0 heterocycles. The van der Waals surface area contributed by atoms with E-state index in [9.17, 15) is 56.6 Å². The quantitative estimate of drug-likeness (QED) is 0.0788. The molecule has 240 valence electrons. The van der Waals surface area contributed by atoms with Gasteiger partial charge in [0, 0.05) is 0 Å². The molecule has 0 aromatic heterocycles. The van der Waals surface area contributed by atoms with Crippen LogP contribution in [0.4, 0.5) is 0 Å². The Balaban J connectivity index is 3.95. The third kappa shape index (κ3) is 14.5. The van der Waals surface area contributed by atoms with Gasteiger partial charge in [0.05, 0.1) is 0 Å². The van der Waals surface area contributed by atoms with Crippen molar-refractivity contribution in [3.05, 3.63) is 0 Å². The number of aliphatic hydroxyl groups is 1. The Kier molecular flexibility index (Phi) is 12.7. The zero-order chi connectivity index (χ0) is 31.9. The fourth-order valence-corrected chi connectivity index (χ4v) is 8.07. The van der Waals surface area contributed by atoms with Crippen LogP contribution in [0, 0.1) is 0 Å². The first-order chi connectivity index (χ1) is 17.3. The Labute approximate surface area is 219 Å². The molecule has 0 bridgehead atoms. The van der Waals surface area contributed by atoms with Crippen LogP contribution in [0.1, 0.15) is 0 Å². The minimum Gasteiger partial charge on any atom is -0.387 e. The van der Waals surface area contributed by atoms with Gasteiger partial charge in [-0.2, -0.15) is 8.62 Å². The summed E-state index contributed by atoms with van der Waals surface area (Å²) in [5.74, 6) is 0. The van der Waals surface area contributed by atoms with E-state index in [1.807, 2.05) is 0 Å². The van der Waals surface area contributed by atoms with Gasteiger partial charge < -0.3 is 63.8 Å². The molecule has 13 N–H and O–H groups in total. The Morgan fingerprint density at radius 3 is 0.800 bits per heavy atom. The summed E-state index contributed by atoms with van der Waals surface area (Å²) in [6.45, 7) is 0. The fourth-order valence-electron chi connectivity index (χ4n) is 2.83. The van der Waals surface area contributed by atoms with Crippen molar-refractivity contribution < 1.29 is 127 Å². The van der Waals surface area contributed by atoms with Crippen LogP contribution in [0.3, 0.4) is 0 Å². The minimum absolute atomic E-state index is 3.17. The van der Waals surface area contributed by atoms with Gasteiger partial charge in [0.1, 0.15) is 36.6 Å². The molecular weight excluding hydrogens is 721 g/mol. The van der Waals surface area contributed by atoms with Crippen molar-refractivity contribution in [2.75, 3.05) is 0 Å². The second-order valence-corrected chi connectivity index (χ2v) is 16.0. The molecule has 1 rings (SSSR count). The van der Waals surface area contributed by atoms with Gasteiger partial charge in [0.15, 0.2) is 0 Å². The molecule has 0 saturated heterocycles. The Morgan fingerprint density at radius 2 is 0.575 bits per heavy atom. The molecule has 0 radical (unpaired) electrons. The average molecular weight is 740 g/mol. The Bertz CT molecular complexity index is 1140. The van der Waals surface area contributed by atoms with Gasteiger partial charge in [-0.25, -0.2) is 32.0 Å². The maximum Gasteiger partial charge on any atom is 0.481 e. The topological polar surface area (TPSA) is 447 Å².